The topological polar surface area (TPSA) is 29.1 Å². The zero-order valence-corrected chi connectivity index (χ0v) is 11.9. The molecule has 1 heterocycles. The molecule has 1 aromatic carbocycles. The average molecular weight is 277 g/mol. The molecule has 1 aromatic heterocycles. The van der Waals surface area contributed by atoms with Gasteiger partial charge in [-0.1, -0.05) is 31.2 Å². The lowest BCUT2D eigenvalue weighted by Gasteiger charge is -2.04. The number of hydrogen-bond acceptors (Lipinski definition) is 3. The number of carbonyl (C=O) groups is 1. The second-order valence-corrected chi connectivity index (χ2v) is 5.45. The van der Waals surface area contributed by atoms with E-state index in [2.05, 4.69) is 49.1 Å². The number of thiol groups is 1. The molecule has 0 aliphatic heterocycles. The Balaban J connectivity index is 1.92. The Morgan fingerprint density at radius 1 is 1.28 bits per heavy atom. The molecule has 0 aliphatic rings. The Kier molecular flexibility index (Phi) is 4.44. The van der Waals surface area contributed by atoms with E-state index in [9.17, 15) is 4.79 Å². The number of carbonyl (C=O) groups excluding carboxylic acids is 1. The highest BCUT2D eigenvalue weighted by atomic mass is 32.1. The highest BCUT2D eigenvalue weighted by molar-refractivity contribution is 7.80. The van der Waals surface area contributed by atoms with Gasteiger partial charge in [0.15, 0.2) is 0 Å². The number of nitrogens with one attached hydrogen (secondary N) is 1. The fourth-order valence-corrected chi connectivity index (χ4v) is 2.67. The van der Waals surface area contributed by atoms with Gasteiger partial charge in [-0.3, -0.25) is 4.79 Å². The predicted molar refractivity (Wildman–Crippen MR) is 78.6 cm³/mol. The lowest BCUT2D eigenvalue weighted by Crippen LogP contribution is -2.21. The highest BCUT2D eigenvalue weighted by Crippen LogP contribution is 2.17. The summed E-state index contributed by atoms with van der Waals surface area (Å²) < 4.78 is 0. The lowest BCUT2D eigenvalue weighted by atomic mass is 10.1. The van der Waals surface area contributed by atoms with E-state index in [0.29, 0.717) is 11.4 Å². The summed E-state index contributed by atoms with van der Waals surface area (Å²) in [4.78, 5) is 13.4. The molecule has 2 aromatic rings. The van der Waals surface area contributed by atoms with Crippen LogP contribution in [0, 0.1) is 0 Å². The van der Waals surface area contributed by atoms with Gasteiger partial charge in [0.1, 0.15) is 0 Å². The standard InChI is InChI=1S/C14H15NOS2/c1-2-10-3-5-11(6-4-10)8-15-14(16)13-7-12(17)9-18-13/h3-7,9,17H,2,8H2,1H3,(H,15,16). The highest BCUT2D eigenvalue weighted by Gasteiger charge is 2.07. The van der Waals surface area contributed by atoms with Crippen LogP contribution in [0.4, 0.5) is 0 Å². The van der Waals surface area contributed by atoms with Crippen molar-refractivity contribution in [3.05, 3.63) is 51.7 Å². The van der Waals surface area contributed by atoms with Crippen molar-refractivity contribution in [2.45, 2.75) is 24.8 Å². The van der Waals surface area contributed by atoms with Gasteiger partial charge < -0.3 is 5.32 Å². The molecule has 0 unspecified atom stereocenters. The maximum absolute atomic E-state index is 11.8. The third-order valence-corrected chi connectivity index (χ3v) is 4.06. The van der Waals surface area contributed by atoms with Crippen LogP contribution < -0.4 is 5.32 Å². The Labute approximate surface area is 116 Å². The monoisotopic (exact) mass is 277 g/mol. The van der Waals surface area contributed by atoms with Crippen molar-refractivity contribution >= 4 is 29.9 Å². The number of amides is 1. The number of rotatable bonds is 4. The largest absolute Gasteiger partial charge is 0.347 e. The Bertz CT molecular complexity index is 531. The van der Waals surface area contributed by atoms with E-state index in [0.717, 1.165) is 16.9 Å². The smallest absolute Gasteiger partial charge is 0.261 e. The van der Waals surface area contributed by atoms with Crippen molar-refractivity contribution in [2.75, 3.05) is 0 Å². The molecule has 94 valence electrons. The summed E-state index contributed by atoms with van der Waals surface area (Å²) in [6, 6.07) is 10.1. The van der Waals surface area contributed by atoms with E-state index < -0.39 is 0 Å². The van der Waals surface area contributed by atoms with Crippen LogP contribution in [0.5, 0.6) is 0 Å². The molecular weight excluding hydrogens is 262 g/mol. The third kappa shape index (κ3) is 3.37. The Morgan fingerprint density at radius 2 is 1.94 bits per heavy atom. The molecule has 0 spiro atoms. The quantitative estimate of drug-likeness (QED) is 0.823. The van der Waals surface area contributed by atoms with Crippen LogP contribution in [0.15, 0.2) is 40.6 Å². The molecule has 0 saturated carbocycles. The minimum atomic E-state index is -0.0418. The summed E-state index contributed by atoms with van der Waals surface area (Å²) in [7, 11) is 0. The molecule has 0 atom stereocenters. The molecule has 2 rings (SSSR count). The van der Waals surface area contributed by atoms with Gasteiger partial charge in [0.25, 0.3) is 5.91 Å². The number of benzene rings is 1. The zero-order chi connectivity index (χ0) is 13.0. The maximum atomic E-state index is 11.8. The normalized spacial score (nSPS) is 10.3. The first-order valence-corrected chi connectivity index (χ1v) is 7.15. The first-order valence-electron chi connectivity index (χ1n) is 5.82. The van der Waals surface area contributed by atoms with Crippen LogP contribution in [-0.4, -0.2) is 5.91 Å². The molecule has 1 N–H and O–H groups in total. The van der Waals surface area contributed by atoms with Gasteiger partial charge in [-0.05, 0) is 23.6 Å². The third-order valence-electron chi connectivity index (χ3n) is 2.69. The van der Waals surface area contributed by atoms with Gasteiger partial charge in [0.05, 0.1) is 4.88 Å². The lowest BCUT2D eigenvalue weighted by molar-refractivity contribution is 0.0955. The van der Waals surface area contributed by atoms with E-state index in [1.54, 1.807) is 6.07 Å². The van der Waals surface area contributed by atoms with Crippen LogP contribution in [0.3, 0.4) is 0 Å². The van der Waals surface area contributed by atoms with E-state index in [1.807, 2.05) is 5.38 Å². The molecule has 0 aliphatic carbocycles. The van der Waals surface area contributed by atoms with Crippen LogP contribution in [0.25, 0.3) is 0 Å². The summed E-state index contributed by atoms with van der Waals surface area (Å²) in [5, 5.41) is 4.76. The first kappa shape index (κ1) is 13.2. The SMILES string of the molecule is CCc1ccc(CNC(=O)c2cc(S)cs2)cc1. The van der Waals surface area contributed by atoms with Gasteiger partial charge >= 0.3 is 0 Å². The zero-order valence-electron chi connectivity index (χ0n) is 10.1. The molecule has 0 saturated heterocycles. The fourth-order valence-electron chi connectivity index (χ4n) is 1.61. The second kappa shape index (κ2) is 6.07. The van der Waals surface area contributed by atoms with Crippen molar-refractivity contribution in [3.8, 4) is 0 Å². The summed E-state index contributed by atoms with van der Waals surface area (Å²) in [6.07, 6.45) is 1.03. The molecule has 0 bridgehead atoms. The molecule has 0 fully saturated rings. The van der Waals surface area contributed by atoms with Gasteiger partial charge in [-0.15, -0.1) is 24.0 Å². The van der Waals surface area contributed by atoms with Crippen LogP contribution in [0.1, 0.15) is 27.7 Å². The van der Waals surface area contributed by atoms with E-state index >= 15 is 0 Å². The molecule has 18 heavy (non-hydrogen) atoms. The number of thiophene rings is 1. The number of aryl methyl sites for hydroxylation is 1. The molecular formula is C14H15NOS2. The van der Waals surface area contributed by atoms with E-state index in [-0.39, 0.29) is 5.91 Å². The van der Waals surface area contributed by atoms with Crippen molar-refractivity contribution < 1.29 is 4.79 Å². The number of hydrogen-bond donors (Lipinski definition) is 2. The summed E-state index contributed by atoms with van der Waals surface area (Å²) in [5.74, 6) is -0.0418. The van der Waals surface area contributed by atoms with Gasteiger partial charge in [0, 0.05) is 16.8 Å². The fraction of sp³-hybridized carbons (Fsp3) is 0.214. The molecule has 0 radical (unpaired) electrons. The Hall–Kier alpha value is -1.26. The summed E-state index contributed by atoms with van der Waals surface area (Å²) >= 11 is 5.60. The van der Waals surface area contributed by atoms with Crippen molar-refractivity contribution in [1.82, 2.24) is 5.32 Å². The molecule has 1 amide bonds. The first-order chi connectivity index (χ1) is 8.69. The van der Waals surface area contributed by atoms with Crippen LogP contribution >= 0.6 is 24.0 Å². The minimum absolute atomic E-state index is 0.0418. The minimum Gasteiger partial charge on any atom is -0.347 e. The molecule has 4 heteroatoms. The Morgan fingerprint density at radius 3 is 2.50 bits per heavy atom. The van der Waals surface area contributed by atoms with Crippen molar-refractivity contribution in [2.24, 2.45) is 0 Å². The van der Waals surface area contributed by atoms with E-state index in [1.165, 1.54) is 16.9 Å². The predicted octanol–water partition coefficient (Wildman–Crippen LogP) is 3.53. The maximum Gasteiger partial charge on any atom is 0.261 e. The van der Waals surface area contributed by atoms with Crippen molar-refractivity contribution in [1.29, 1.82) is 0 Å². The summed E-state index contributed by atoms with van der Waals surface area (Å²) in [6.45, 7) is 2.69. The molecule has 2 nitrogen and oxygen atoms in total. The van der Waals surface area contributed by atoms with E-state index in [4.69, 9.17) is 0 Å². The summed E-state index contributed by atoms with van der Waals surface area (Å²) in [5.41, 5.74) is 2.42. The van der Waals surface area contributed by atoms with Gasteiger partial charge in [0.2, 0.25) is 0 Å². The van der Waals surface area contributed by atoms with Crippen LogP contribution in [-0.2, 0) is 13.0 Å². The van der Waals surface area contributed by atoms with Crippen LogP contribution in [0.2, 0.25) is 0 Å². The van der Waals surface area contributed by atoms with Gasteiger partial charge in [-0.2, -0.15) is 0 Å². The van der Waals surface area contributed by atoms with Gasteiger partial charge in [-0.25, -0.2) is 0 Å². The van der Waals surface area contributed by atoms with Crippen molar-refractivity contribution in [3.63, 3.8) is 0 Å². The second-order valence-electron chi connectivity index (χ2n) is 4.02. The average Bonchev–Trinajstić information content (AvgIpc) is 2.83.